The molecule has 3 amide bonds. The minimum Gasteiger partial charge on any atom is -0.484 e. The number of carbonyl (C=O) groups excluding carboxylic acids is 3. The molecule has 0 aromatic heterocycles. The number of nitrogens with two attached hydrogens (primary N) is 1. The van der Waals surface area contributed by atoms with Crippen LogP contribution in [0.1, 0.15) is 16.8 Å². The average molecular weight is 291 g/mol. The third-order valence-corrected chi connectivity index (χ3v) is 3.03. The fraction of sp³-hybridized carbons (Fsp3) is 0.357. The molecule has 21 heavy (non-hydrogen) atoms. The fourth-order valence-corrected chi connectivity index (χ4v) is 2.01. The number of rotatable bonds is 4. The first kappa shape index (κ1) is 14.8. The highest BCUT2D eigenvalue weighted by atomic mass is 16.5. The smallest absolute Gasteiger partial charge is 0.255 e. The highest BCUT2D eigenvalue weighted by Gasteiger charge is 2.20. The van der Waals surface area contributed by atoms with Crippen LogP contribution in [0.4, 0.5) is 0 Å². The Morgan fingerprint density at radius 1 is 1.29 bits per heavy atom. The summed E-state index contributed by atoms with van der Waals surface area (Å²) >= 11 is 0. The summed E-state index contributed by atoms with van der Waals surface area (Å²) in [6.07, 6.45) is 0.733. The van der Waals surface area contributed by atoms with E-state index in [0.717, 1.165) is 6.42 Å². The van der Waals surface area contributed by atoms with Gasteiger partial charge in [0.2, 0.25) is 5.91 Å². The second-order valence-corrected chi connectivity index (χ2v) is 4.71. The molecule has 0 saturated carbocycles. The second kappa shape index (κ2) is 6.74. The van der Waals surface area contributed by atoms with Crippen LogP contribution in [0.15, 0.2) is 24.3 Å². The third kappa shape index (κ3) is 4.20. The van der Waals surface area contributed by atoms with E-state index in [1.165, 1.54) is 4.90 Å². The molecule has 1 heterocycles. The van der Waals surface area contributed by atoms with Gasteiger partial charge in [-0.1, -0.05) is 0 Å². The lowest BCUT2D eigenvalue weighted by Crippen LogP contribution is -2.37. The van der Waals surface area contributed by atoms with Crippen LogP contribution in [-0.4, -0.2) is 48.9 Å². The Balaban J connectivity index is 2.01. The number of nitrogens with one attached hydrogen (secondary N) is 1. The van der Waals surface area contributed by atoms with Gasteiger partial charge in [0.05, 0.1) is 6.54 Å². The molecule has 0 aliphatic carbocycles. The van der Waals surface area contributed by atoms with E-state index >= 15 is 0 Å². The van der Waals surface area contributed by atoms with Crippen LogP contribution < -0.4 is 15.8 Å². The van der Waals surface area contributed by atoms with Gasteiger partial charge in [0.15, 0.2) is 6.61 Å². The van der Waals surface area contributed by atoms with Crippen molar-refractivity contribution >= 4 is 17.7 Å². The zero-order valence-electron chi connectivity index (χ0n) is 11.5. The molecule has 1 aliphatic rings. The van der Waals surface area contributed by atoms with E-state index < -0.39 is 5.91 Å². The van der Waals surface area contributed by atoms with E-state index in [-0.39, 0.29) is 25.0 Å². The Hall–Kier alpha value is -2.57. The first-order valence-corrected chi connectivity index (χ1v) is 6.63. The van der Waals surface area contributed by atoms with Gasteiger partial charge in [0.25, 0.3) is 11.8 Å². The van der Waals surface area contributed by atoms with Crippen molar-refractivity contribution in [1.82, 2.24) is 10.2 Å². The van der Waals surface area contributed by atoms with Crippen molar-refractivity contribution in [2.75, 3.05) is 26.2 Å². The van der Waals surface area contributed by atoms with Gasteiger partial charge >= 0.3 is 0 Å². The minimum absolute atomic E-state index is 0.0682. The predicted molar refractivity (Wildman–Crippen MR) is 74.7 cm³/mol. The van der Waals surface area contributed by atoms with Crippen LogP contribution in [0.2, 0.25) is 0 Å². The number of hydrogen-bond donors (Lipinski definition) is 2. The predicted octanol–water partition coefficient (Wildman–Crippen LogP) is -0.487. The van der Waals surface area contributed by atoms with Gasteiger partial charge < -0.3 is 20.7 Å². The quantitative estimate of drug-likeness (QED) is 0.781. The van der Waals surface area contributed by atoms with Gasteiger partial charge in [-0.25, -0.2) is 0 Å². The summed E-state index contributed by atoms with van der Waals surface area (Å²) in [7, 11) is 0. The highest BCUT2D eigenvalue weighted by molar-refractivity contribution is 5.96. The van der Waals surface area contributed by atoms with Crippen molar-refractivity contribution in [3.63, 3.8) is 0 Å². The monoisotopic (exact) mass is 291 g/mol. The van der Waals surface area contributed by atoms with E-state index in [1.54, 1.807) is 24.3 Å². The maximum absolute atomic E-state index is 12.3. The van der Waals surface area contributed by atoms with Gasteiger partial charge in [-0.2, -0.15) is 0 Å². The summed E-state index contributed by atoms with van der Waals surface area (Å²) in [6, 6.07) is 6.38. The molecule has 1 saturated heterocycles. The summed E-state index contributed by atoms with van der Waals surface area (Å²) < 4.78 is 5.12. The second-order valence-electron chi connectivity index (χ2n) is 4.71. The molecule has 7 heteroatoms. The first-order valence-electron chi connectivity index (χ1n) is 6.63. The summed E-state index contributed by atoms with van der Waals surface area (Å²) in [5, 5.41) is 2.72. The molecule has 7 nitrogen and oxygen atoms in total. The van der Waals surface area contributed by atoms with Crippen LogP contribution in [0, 0.1) is 0 Å². The number of carbonyl (C=O) groups is 3. The number of hydrogen-bond acceptors (Lipinski definition) is 4. The van der Waals surface area contributed by atoms with E-state index in [1.807, 2.05) is 0 Å². The van der Waals surface area contributed by atoms with Gasteiger partial charge in [-0.15, -0.1) is 0 Å². The van der Waals surface area contributed by atoms with Crippen LogP contribution in [0.25, 0.3) is 0 Å². The van der Waals surface area contributed by atoms with Gasteiger partial charge in [0.1, 0.15) is 5.75 Å². The van der Waals surface area contributed by atoms with Crippen LogP contribution >= 0.6 is 0 Å². The topological polar surface area (TPSA) is 102 Å². The molecule has 1 aromatic carbocycles. The SMILES string of the molecule is NC(=O)COc1ccc(C(=O)N2CCCNC(=O)C2)cc1. The lowest BCUT2D eigenvalue weighted by molar-refractivity contribution is -0.121. The molecule has 112 valence electrons. The number of amides is 3. The number of benzene rings is 1. The van der Waals surface area contributed by atoms with Crippen molar-refractivity contribution in [3.8, 4) is 5.75 Å². The Labute approximate surface area is 122 Å². The molecule has 2 rings (SSSR count). The Bertz CT molecular complexity index is 542. The molecule has 0 bridgehead atoms. The van der Waals surface area contributed by atoms with Gasteiger partial charge in [0, 0.05) is 18.7 Å². The van der Waals surface area contributed by atoms with E-state index in [2.05, 4.69) is 5.32 Å². The van der Waals surface area contributed by atoms with E-state index in [0.29, 0.717) is 24.4 Å². The molecule has 0 atom stereocenters. The molecule has 0 spiro atoms. The molecule has 1 aromatic rings. The minimum atomic E-state index is -0.564. The van der Waals surface area contributed by atoms with Gasteiger partial charge in [-0.05, 0) is 30.7 Å². The molecule has 1 fully saturated rings. The summed E-state index contributed by atoms with van der Waals surface area (Å²) in [4.78, 5) is 35.9. The molecule has 3 N–H and O–H groups in total. The van der Waals surface area contributed by atoms with Crippen molar-refractivity contribution in [2.45, 2.75) is 6.42 Å². The Morgan fingerprint density at radius 2 is 2.00 bits per heavy atom. The number of ether oxygens (including phenoxy) is 1. The van der Waals surface area contributed by atoms with Crippen LogP contribution in [0.3, 0.4) is 0 Å². The van der Waals surface area contributed by atoms with Gasteiger partial charge in [-0.3, -0.25) is 14.4 Å². The summed E-state index contributed by atoms with van der Waals surface area (Å²) in [5.41, 5.74) is 5.45. The van der Waals surface area contributed by atoms with Crippen molar-refractivity contribution in [1.29, 1.82) is 0 Å². The van der Waals surface area contributed by atoms with Crippen molar-refractivity contribution in [3.05, 3.63) is 29.8 Å². The summed E-state index contributed by atoms with van der Waals surface area (Å²) in [5.74, 6) is -0.458. The molecular formula is C14H17N3O4. The average Bonchev–Trinajstić information content (AvgIpc) is 2.69. The maximum atomic E-state index is 12.3. The zero-order valence-corrected chi connectivity index (χ0v) is 11.5. The summed E-state index contributed by atoms with van der Waals surface area (Å²) in [6.45, 7) is 0.984. The number of primary amides is 1. The normalized spacial score (nSPS) is 15.0. The molecule has 0 unspecified atom stereocenters. The zero-order chi connectivity index (χ0) is 15.2. The van der Waals surface area contributed by atoms with E-state index in [9.17, 15) is 14.4 Å². The Kier molecular flexibility index (Phi) is 4.76. The molecule has 1 aliphatic heterocycles. The first-order chi connectivity index (χ1) is 10.1. The van der Waals surface area contributed by atoms with Crippen molar-refractivity contribution in [2.24, 2.45) is 5.73 Å². The molecular weight excluding hydrogens is 274 g/mol. The third-order valence-electron chi connectivity index (χ3n) is 3.03. The largest absolute Gasteiger partial charge is 0.484 e. The van der Waals surface area contributed by atoms with Crippen molar-refractivity contribution < 1.29 is 19.1 Å². The van der Waals surface area contributed by atoms with Crippen LogP contribution in [0.5, 0.6) is 5.75 Å². The number of nitrogens with zero attached hydrogens (tertiary/aromatic N) is 1. The lowest BCUT2D eigenvalue weighted by Gasteiger charge is -2.19. The lowest BCUT2D eigenvalue weighted by atomic mass is 10.2. The molecule has 0 radical (unpaired) electrons. The highest BCUT2D eigenvalue weighted by Crippen LogP contribution is 2.14. The standard InChI is InChI=1S/C14H17N3O4/c15-12(18)9-21-11-4-2-10(3-5-11)14(20)17-7-1-6-16-13(19)8-17/h2-5H,1,6-9H2,(H2,15,18)(H,16,19). The van der Waals surface area contributed by atoms with Crippen LogP contribution in [-0.2, 0) is 9.59 Å². The Morgan fingerprint density at radius 3 is 2.67 bits per heavy atom. The van der Waals surface area contributed by atoms with E-state index in [4.69, 9.17) is 10.5 Å². The fourth-order valence-electron chi connectivity index (χ4n) is 2.01. The maximum Gasteiger partial charge on any atom is 0.255 e.